The van der Waals surface area contributed by atoms with E-state index in [0.29, 0.717) is 6.61 Å². The third-order valence-electron chi connectivity index (χ3n) is 2.64. The van der Waals surface area contributed by atoms with Crippen LogP contribution in [0.5, 0.6) is 0 Å². The van der Waals surface area contributed by atoms with E-state index in [-0.39, 0.29) is 0 Å². The molecular weight excluding hydrogens is 206 g/mol. The van der Waals surface area contributed by atoms with Crippen LogP contribution in [0.3, 0.4) is 0 Å². The third-order valence-corrected chi connectivity index (χ3v) is 3.72. The second-order valence-electron chi connectivity index (χ2n) is 4.01. The summed E-state index contributed by atoms with van der Waals surface area (Å²) in [6.07, 6.45) is 3.16. The Bertz CT molecular complexity index is 272. The molecule has 1 heterocycles. The Labute approximate surface area is 96.5 Å². The number of hydrogen-bond acceptors (Lipinski definition) is 3. The van der Waals surface area contributed by atoms with E-state index in [9.17, 15) is 0 Å². The maximum absolute atomic E-state index is 8.68. The van der Waals surface area contributed by atoms with Crippen molar-refractivity contribution in [3.8, 4) is 0 Å². The summed E-state index contributed by atoms with van der Waals surface area (Å²) in [5.41, 5.74) is 1.42. The molecule has 0 unspecified atom stereocenters. The Kier molecular flexibility index (Phi) is 5.91. The van der Waals surface area contributed by atoms with E-state index < -0.39 is 0 Å². The lowest BCUT2D eigenvalue weighted by molar-refractivity contribution is 0.264. The van der Waals surface area contributed by atoms with Crippen LogP contribution in [0.4, 0.5) is 0 Å². The van der Waals surface area contributed by atoms with Gasteiger partial charge < -0.3 is 10.0 Å². The van der Waals surface area contributed by atoms with Crippen molar-refractivity contribution in [2.45, 2.75) is 26.2 Å². The van der Waals surface area contributed by atoms with E-state index in [4.69, 9.17) is 5.11 Å². The van der Waals surface area contributed by atoms with Gasteiger partial charge in [0.05, 0.1) is 0 Å². The van der Waals surface area contributed by atoms with Crippen LogP contribution in [0.25, 0.3) is 0 Å². The van der Waals surface area contributed by atoms with Crippen LogP contribution < -0.4 is 0 Å². The molecule has 0 aliphatic heterocycles. The van der Waals surface area contributed by atoms with Crippen LogP contribution in [-0.4, -0.2) is 36.8 Å². The minimum atomic E-state index is 0.317. The number of unbranched alkanes of at least 4 members (excludes halogenated alkanes) is 1. The molecule has 3 heteroatoms. The lowest BCUT2D eigenvalue weighted by Gasteiger charge is -2.15. The third kappa shape index (κ3) is 4.78. The Balaban J connectivity index is 2.16. The minimum absolute atomic E-state index is 0.317. The second-order valence-corrected chi connectivity index (χ2v) is 5.01. The fraction of sp³-hybridized carbons (Fsp3) is 0.667. The van der Waals surface area contributed by atoms with Gasteiger partial charge in [-0.1, -0.05) is 0 Å². The van der Waals surface area contributed by atoms with Gasteiger partial charge in [0.25, 0.3) is 0 Å². The monoisotopic (exact) mass is 227 g/mol. The molecule has 0 saturated heterocycles. The molecule has 0 aromatic carbocycles. The summed E-state index contributed by atoms with van der Waals surface area (Å²) in [5, 5.41) is 10.8. The average molecular weight is 227 g/mol. The summed E-state index contributed by atoms with van der Waals surface area (Å²) >= 11 is 1.85. The van der Waals surface area contributed by atoms with Crippen molar-refractivity contribution < 1.29 is 5.11 Å². The predicted octanol–water partition coefficient (Wildman–Crippen LogP) is 2.30. The molecule has 2 nitrogen and oxygen atoms in total. The first-order chi connectivity index (χ1) is 7.24. The molecule has 0 aliphatic rings. The highest BCUT2D eigenvalue weighted by Gasteiger charge is 2.02. The number of rotatable bonds is 7. The lowest BCUT2D eigenvalue weighted by Crippen LogP contribution is -2.22. The fourth-order valence-electron chi connectivity index (χ4n) is 1.56. The molecule has 1 aromatic heterocycles. The predicted molar refractivity (Wildman–Crippen MR) is 66.6 cm³/mol. The van der Waals surface area contributed by atoms with Crippen molar-refractivity contribution in [3.05, 3.63) is 21.9 Å². The maximum Gasteiger partial charge on any atom is 0.0431 e. The van der Waals surface area contributed by atoms with Gasteiger partial charge in [0, 0.05) is 18.0 Å². The molecule has 0 aliphatic carbocycles. The molecule has 0 spiro atoms. The number of aryl methyl sites for hydroxylation is 1. The molecule has 0 atom stereocenters. The van der Waals surface area contributed by atoms with Crippen molar-refractivity contribution in [1.29, 1.82) is 0 Å². The minimum Gasteiger partial charge on any atom is -0.396 e. The molecule has 1 N–H and O–H groups in total. The molecule has 0 saturated carbocycles. The zero-order valence-electron chi connectivity index (χ0n) is 9.70. The van der Waals surface area contributed by atoms with Gasteiger partial charge in [-0.3, -0.25) is 0 Å². The highest BCUT2D eigenvalue weighted by atomic mass is 32.1. The molecule has 1 aromatic rings. The van der Waals surface area contributed by atoms with Crippen molar-refractivity contribution in [1.82, 2.24) is 4.90 Å². The second kappa shape index (κ2) is 6.99. The Morgan fingerprint density at radius 3 is 2.73 bits per heavy atom. The van der Waals surface area contributed by atoms with Crippen molar-refractivity contribution in [2.75, 3.05) is 26.7 Å². The maximum atomic E-state index is 8.68. The summed E-state index contributed by atoms with van der Waals surface area (Å²) in [7, 11) is 2.15. The normalized spacial score (nSPS) is 11.2. The van der Waals surface area contributed by atoms with Gasteiger partial charge in [-0.15, -0.1) is 11.3 Å². The van der Waals surface area contributed by atoms with Crippen molar-refractivity contribution in [2.24, 2.45) is 0 Å². The smallest absolute Gasteiger partial charge is 0.0431 e. The van der Waals surface area contributed by atoms with Crippen molar-refractivity contribution in [3.63, 3.8) is 0 Å². The summed E-state index contributed by atoms with van der Waals surface area (Å²) < 4.78 is 0. The average Bonchev–Trinajstić information content (AvgIpc) is 2.61. The van der Waals surface area contributed by atoms with Crippen LogP contribution in [0.15, 0.2) is 11.4 Å². The van der Waals surface area contributed by atoms with E-state index in [0.717, 1.165) is 32.4 Å². The summed E-state index contributed by atoms with van der Waals surface area (Å²) in [5.74, 6) is 0. The zero-order valence-corrected chi connectivity index (χ0v) is 10.5. The van der Waals surface area contributed by atoms with Gasteiger partial charge in [0.2, 0.25) is 0 Å². The number of aliphatic hydroxyl groups is 1. The SMILES string of the molecule is Cc1ccsc1CCN(C)CCCCO. The molecule has 86 valence electrons. The zero-order chi connectivity index (χ0) is 11.1. The lowest BCUT2D eigenvalue weighted by atomic mass is 10.2. The van der Waals surface area contributed by atoms with E-state index in [1.165, 1.54) is 10.4 Å². The van der Waals surface area contributed by atoms with Gasteiger partial charge in [0.1, 0.15) is 0 Å². The standard InChI is InChI=1S/C12H21NOS/c1-11-6-10-15-12(11)5-8-13(2)7-3-4-9-14/h6,10,14H,3-5,7-9H2,1-2H3. The van der Waals surface area contributed by atoms with Crippen LogP contribution in [0, 0.1) is 6.92 Å². The molecule has 1 rings (SSSR count). The van der Waals surface area contributed by atoms with Crippen LogP contribution in [0.1, 0.15) is 23.3 Å². The highest BCUT2D eigenvalue weighted by Crippen LogP contribution is 2.16. The fourth-order valence-corrected chi connectivity index (χ4v) is 2.46. The van der Waals surface area contributed by atoms with Crippen LogP contribution in [0.2, 0.25) is 0 Å². The molecular formula is C12H21NOS. The van der Waals surface area contributed by atoms with E-state index in [1.807, 2.05) is 11.3 Å². The number of nitrogens with zero attached hydrogens (tertiary/aromatic N) is 1. The quantitative estimate of drug-likeness (QED) is 0.723. The summed E-state index contributed by atoms with van der Waals surface area (Å²) in [6, 6.07) is 2.19. The Hall–Kier alpha value is -0.380. The van der Waals surface area contributed by atoms with Gasteiger partial charge in [0.15, 0.2) is 0 Å². The van der Waals surface area contributed by atoms with Crippen LogP contribution in [-0.2, 0) is 6.42 Å². The van der Waals surface area contributed by atoms with Gasteiger partial charge in [-0.05, 0) is 56.8 Å². The van der Waals surface area contributed by atoms with E-state index in [2.05, 4.69) is 30.3 Å². The molecule has 15 heavy (non-hydrogen) atoms. The van der Waals surface area contributed by atoms with Gasteiger partial charge in [-0.2, -0.15) is 0 Å². The van der Waals surface area contributed by atoms with E-state index in [1.54, 1.807) is 0 Å². The first-order valence-electron chi connectivity index (χ1n) is 5.56. The number of aliphatic hydroxyl groups excluding tert-OH is 1. The molecule has 0 fully saturated rings. The van der Waals surface area contributed by atoms with Gasteiger partial charge in [-0.25, -0.2) is 0 Å². The Morgan fingerprint density at radius 2 is 2.13 bits per heavy atom. The van der Waals surface area contributed by atoms with E-state index >= 15 is 0 Å². The summed E-state index contributed by atoms with van der Waals surface area (Å²) in [6.45, 7) is 4.70. The topological polar surface area (TPSA) is 23.5 Å². The number of likely N-dealkylation sites (N-methyl/N-ethyl adjacent to an activating group) is 1. The first kappa shape index (κ1) is 12.7. The molecule has 0 amide bonds. The Morgan fingerprint density at radius 1 is 1.33 bits per heavy atom. The van der Waals surface area contributed by atoms with Gasteiger partial charge >= 0.3 is 0 Å². The molecule has 0 radical (unpaired) electrons. The summed E-state index contributed by atoms with van der Waals surface area (Å²) in [4.78, 5) is 3.85. The van der Waals surface area contributed by atoms with Crippen molar-refractivity contribution >= 4 is 11.3 Å². The highest BCUT2D eigenvalue weighted by molar-refractivity contribution is 7.10. The molecule has 0 bridgehead atoms. The largest absolute Gasteiger partial charge is 0.396 e. The van der Waals surface area contributed by atoms with Crippen LogP contribution >= 0.6 is 11.3 Å². The first-order valence-corrected chi connectivity index (χ1v) is 6.44. The number of hydrogen-bond donors (Lipinski definition) is 1. The number of thiophene rings is 1.